The van der Waals surface area contributed by atoms with E-state index in [1.165, 1.54) is 36.5 Å². The van der Waals surface area contributed by atoms with Crippen LogP contribution in [0.1, 0.15) is 5.76 Å². The molecule has 0 saturated carbocycles. The number of non-ortho nitro benzene ring substituents is 1. The molecular weight excluding hydrogens is 418 g/mol. The Bertz CT molecular complexity index is 1250. The largest absolute Gasteiger partial charge is 0.455 e. The van der Waals surface area contributed by atoms with Crippen LogP contribution in [0.4, 0.5) is 17.1 Å². The lowest BCUT2D eigenvalue weighted by Gasteiger charge is -2.01. The molecule has 3 aromatic rings. The third-order valence-electron chi connectivity index (χ3n) is 3.86. The first-order chi connectivity index (χ1) is 14.1. The van der Waals surface area contributed by atoms with Crippen molar-refractivity contribution in [2.75, 3.05) is 5.43 Å². The fraction of sp³-hybridized carbons (Fsp3) is 0. The zero-order valence-electron chi connectivity index (χ0n) is 15.0. The number of rotatable bonds is 7. The number of nitrogens with one attached hydrogen (secondary N) is 1. The summed E-state index contributed by atoms with van der Waals surface area (Å²) in [4.78, 5) is 20.3. The number of hydrogen-bond acceptors (Lipinski definition) is 9. The molecule has 154 valence electrons. The Balaban J connectivity index is 1.75. The van der Waals surface area contributed by atoms with E-state index in [1.807, 2.05) is 0 Å². The number of primary sulfonamides is 1. The highest BCUT2D eigenvalue weighted by molar-refractivity contribution is 7.89. The Labute approximate surface area is 169 Å². The topological polar surface area (TPSA) is 184 Å². The van der Waals surface area contributed by atoms with Crippen LogP contribution in [0.3, 0.4) is 0 Å². The van der Waals surface area contributed by atoms with Crippen LogP contribution < -0.4 is 10.6 Å². The molecular formula is C17H13N5O7S. The van der Waals surface area contributed by atoms with Gasteiger partial charge in [0.15, 0.2) is 0 Å². The number of nitro groups is 2. The summed E-state index contributed by atoms with van der Waals surface area (Å²) in [5.41, 5.74) is 2.09. The highest BCUT2D eigenvalue weighted by Gasteiger charge is 2.19. The number of nitrogens with two attached hydrogens (primary N) is 1. The van der Waals surface area contributed by atoms with Gasteiger partial charge in [0, 0.05) is 11.6 Å². The van der Waals surface area contributed by atoms with E-state index >= 15 is 0 Å². The fourth-order valence-electron chi connectivity index (χ4n) is 2.43. The molecule has 0 aliphatic carbocycles. The summed E-state index contributed by atoms with van der Waals surface area (Å²) in [6.45, 7) is 0. The van der Waals surface area contributed by atoms with Gasteiger partial charge in [0.05, 0.1) is 27.0 Å². The Morgan fingerprint density at radius 2 is 1.70 bits per heavy atom. The minimum atomic E-state index is -3.80. The summed E-state index contributed by atoms with van der Waals surface area (Å²) >= 11 is 0. The lowest BCUT2D eigenvalue weighted by atomic mass is 10.2. The monoisotopic (exact) mass is 431 g/mol. The highest BCUT2D eigenvalue weighted by atomic mass is 32.2. The summed E-state index contributed by atoms with van der Waals surface area (Å²) in [6, 6.07) is 12.1. The van der Waals surface area contributed by atoms with Crippen LogP contribution in [0.2, 0.25) is 0 Å². The average Bonchev–Trinajstić information content (AvgIpc) is 3.16. The Kier molecular flexibility index (Phi) is 5.57. The summed E-state index contributed by atoms with van der Waals surface area (Å²) in [5, 5.41) is 30.8. The van der Waals surface area contributed by atoms with Gasteiger partial charge in [0.2, 0.25) is 10.0 Å². The SMILES string of the molecule is NS(=O)(=O)c1ccc(-c2ccc(/C=N\Nc3ccc([N+](=O)[O-])cc3[N+](=O)[O-])o2)cc1. The van der Waals surface area contributed by atoms with Gasteiger partial charge in [-0.1, -0.05) is 0 Å². The Morgan fingerprint density at radius 3 is 2.30 bits per heavy atom. The summed E-state index contributed by atoms with van der Waals surface area (Å²) in [5.74, 6) is 0.733. The molecule has 13 heteroatoms. The number of benzene rings is 2. The van der Waals surface area contributed by atoms with Crippen LogP contribution >= 0.6 is 0 Å². The van der Waals surface area contributed by atoms with E-state index in [4.69, 9.17) is 9.56 Å². The van der Waals surface area contributed by atoms with Crippen LogP contribution in [0.5, 0.6) is 0 Å². The summed E-state index contributed by atoms with van der Waals surface area (Å²) < 4.78 is 28.2. The van der Waals surface area contributed by atoms with Crippen LogP contribution in [0, 0.1) is 20.2 Å². The number of hydrogen-bond donors (Lipinski definition) is 2. The molecule has 0 bridgehead atoms. The van der Waals surface area contributed by atoms with Gasteiger partial charge in [-0.15, -0.1) is 0 Å². The molecule has 0 saturated heterocycles. The number of nitrogens with zero attached hydrogens (tertiary/aromatic N) is 3. The fourth-order valence-corrected chi connectivity index (χ4v) is 2.95. The Hall–Kier alpha value is -4.10. The first-order valence-electron chi connectivity index (χ1n) is 8.10. The predicted octanol–water partition coefficient (Wildman–Crippen LogP) is 2.86. The summed E-state index contributed by atoms with van der Waals surface area (Å²) in [7, 11) is -3.80. The highest BCUT2D eigenvalue weighted by Crippen LogP contribution is 2.29. The molecule has 1 aromatic heterocycles. The van der Waals surface area contributed by atoms with E-state index in [-0.39, 0.29) is 10.6 Å². The molecule has 0 amide bonds. The molecule has 0 radical (unpaired) electrons. The molecule has 0 aliphatic rings. The maximum absolute atomic E-state index is 11.3. The van der Waals surface area contributed by atoms with Crippen LogP contribution in [-0.4, -0.2) is 24.5 Å². The van der Waals surface area contributed by atoms with Gasteiger partial charge in [-0.25, -0.2) is 13.6 Å². The lowest BCUT2D eigenvalue weighted by molar-refractivity contribution is -0.393. The second-order valence-corrected chi connectivity index (χ2v) is 7.42. The molecule has 0 fully saturated rings. The van der Waals surface area contributed by atoms with E-state index in [0.29, 0.717) is 17.1 Å². The smallest absolute Gasteiger partial charge is 0.301 e. The van der Waals surface area contributed by atoms with Gasteiger partial charge in [-0.2, -0.15) is 5.10 Å². The van der Waals surface area contributed by atoms with Gasteiger partial charge in [-0.05, 0) is 42.5 Å². The van der Waals surface area contributed by atoms with Crippen molar-refractivity contribution in [1.82, 2.24) is 0 Å². The zero-order chi connectivity index (χ0) is 21.9. The second-order valence-electron chi connectivity index (χ2n) is 5.86. The van der Waals surface area contributed by atoms with E-state index in [2.05, 4.69) is 10.5 Å². The van der Waals surface area contributed by atoms with Gasteiger partial charge in [0.25, 0.3) is 5.69 Å². The standard InChI is InChI=1S/C17H13N5O7S/c18-30(27,28)14-5-1-11(2-6-14)17-8-4-13(29-17)10-19-20-15-7-3-12(21(23)24)9-16(15)22(25)26/h1-10,20H,(H2,18,27,28)/b19-10-. The maximum atomic E-state index is 11.3. The van der Waals surface area contributed by atoms with E-state index in [9.17, 15) is 28.6 Å². The molecule has 1 heterocycles. The van der Waals surface area contributed by atoms with E-state index in [1.54, 1.807) is 12.1 Å². The van der Waals surface area contributed by atoms with E-state index < -0.39 is 31.2 Å². The van der Waals surface area contributed by atoms with Crippen LogP contribution in [0.15, 0.2) is 69.0 Å². The third-order valence-corrected chi connectivity index (χ3v) is 4.79. The molecule has 30 heavy (non-hydrogen) atoms. The van der Waals surface area contributed by atoms with Gasteiger partial charge < -0.3 is 4.42 Å². The maximum Gasteiger partial charge on any atom is 0.301 e. The van der Waals surface area contributed by atoms with Crippen LogP contribution in [-0.2, 0) is 10.0 Å². The quantitative estimate of drug-likeness (QED) is 0.325. The van der Waals surface area contributed by atoms with Crippen molar-refractivity contribution in [1.29, 1.82) is 0 Å². The van der Waals surface area contributed by atoms with Gasteiger partial charge >= 0.3 is 5.69 Å². The number of sulfonamides is 1. The lowest BCUT2D eigenvalue weighted by Crippen LogP contribution is -2.11. The number of hydrazone groups is 1. The van der Waals surface area contributed by atoms with Crippen LogP contribution in [0.25, 0.3) is 11.3 Å². The molecule has 0 spiro atoms. The molecule has 0 aliphatic heterocycles. The molecule has 3 rings (SSSR count). The zero-order valence-corrected chi connectivity index (χ0v) is 15.8. The van der Waals surface area contributed by atoms with Crippen molar-refractivity contribution in [3.63, 3.8) is 0 Å². The molecule has 3 N–H and O–H groups in total. The van der Waals surface area contributed by atoms with Crippen molar-refractivity contribution >= 4 is 33.3 Å². The number of nitro benzene ring substituents is 2. The van der Waals surface area contributed by atoms with Crippen molar-refractivity contribution < 1.29 is 22.7 Å². The van der Waals surface area contributed by atoms with Crippen molar-refractivity contribution in [3.05, 3.63) is 80.6 Å². The summed E-state index contributed by atoms with van der Waals surface area (Å²) in [6.07, 6.45) is 1.26. The average molecular weight is 431 g/mol. The number of furan rings is 1. The first-order valence-corrected chi connectivity index (χ1v) is 9.65. The molecule has 12 nitrogen and oxygen atoms in total. The number of anilines is 1. The minimum absolute atomic E-state index is 0.0338. The van der Waals surface area contributed by atoms with Gasteiger partial charge in [0.1, 0.15) is 17.2 Å². The second kappa shape index (κ2) is 8.10. The molecule has 0 unspecified atom stereocenters. The first kappa shape index (κ1) is 20.6. The van der Waals surface area contributed by atoms with Crippen molar-refractivity contribution in [2.24, 2.45) is 10.2 Å². The Morgan fingerprint density at radius 1 is 1.00 bits per heavy atom. The minimum Gasteiger partial charge on any atom is -0.455 e. The van der Waals surface area contributed by atoms with Gasteiger partial charge in [-0.3, -0.25) is 25.7 Å². The van der Waals surface area contributed by atoms with Crippen molar-refractivity contribution in [3.8, 4) is 11.3 Å². The predicted molar refractivity (Wildman–Crippen MR) is 106 cm³/mol. The van der Waals surface area contributed by atoms with E-state index in [0.717, 1.165) is 12.1 Å². The van der Waals surface area contributed by atoms with Crippen molar-refractivity contribution in [2.45, 2.75) is 4.90 Å². The normalized spacial score (nSPS) is 11.5. The molecule has 2 aromatic carbocycles. The molecule has 0 atom stereocenters. The third kappa shape index (κ3) is 4.65.